The van der Waals surface area contributed by atoms with E-state index in [1.807, 2.05) is 0 Å². The fourth-order valence-corrected chi connectivity index (χ4v) is 3.78. The molecule has 4 N–H and O–H groups in total. The molecule has 1 heterocycles. The highest BCUT2D eigenvalue weighted by Gasteiger charge is 2.28. The zero-order chi connectivity index (χ0) is 15.1. The maximum atomic E-state index is 13.5. The smallest absolute Gasteiger partial charge is 0.255 e. The number of sulfonamides is 1. The van der Waals surface area contributed by atoms with Crippen LogP contribution in [0.1, 0.15) is 16.8 Å². The van der Waals surface area contributed by atoms with Crippen LogP contribution >= 0.6 is 15.9 Å². The highest BCUT2D eigenvalue weighted by atomic mass is 79.9. The lowest BCUT2D eigenvalue weighted by Gasteiger charge is -2.17. The van der Waals surface area contributed by atoms with E-state index in [2.05, 4.69) is 15.9 Å². The van der Waals surface area contributed by atoms with Crippen molar-refractivity contribution in [3.05, 3.63) is 28.0 Å². The van der Waals surface area contributed by atoms with Crippen LogP contribution in [0.2, 0.25) is 0 Å². The summed E-state index contributed by atoms with van der Waals surface area (Å²) in [5.41, 5.74) is 5.63. The summed E-state index contributed by atoms with van der Waals surface area (Å²) in [5.74, 6) is -1.32. The lowest BCUT2D eigenvalue weighted by atomic mass is 10.2. The fraction of sp³-hybridized carbons (Fsp3) is 0.364. The topological polar surface area (TPSA) is 106 Å². The van der Waals surface area contributed by atoms with Gasteiger partial charge in [0.05, 0.1) is 14.9 Å². The summed E-state index contributed by atoms with van der Waals surface area (Å²) in [6, 6.07) is 1.63. The maximum Gasteiger partial charge on any atom is 0.255 e. The van der Waals surface area contributed by atoms with Crippen LogP contribution in [0.25, 0.3) is 0 Å². The number of nitrogens with zero attached hydrogens (tertiary/aromatic N) is 1. The molecule has 1 aromatic rings. The first-order valence-electron chi connectivity index (χ1n) is 5.77. The van der Waals surface area contributed by atoms with Gasteiger partial charge in [-0.25, -0.2) is 17.9 Å². The van der Waals surface area contributed by atoms with Gasteiger partial charge < -0.3 is 10.6 Å². The first-order chi connectivity index (χ1) is 9.20. The van der Waals surface area contributed by atoms with Crippen LogP contribution in [0.5, 0.6) is 0 Å². The van der Waals surface area contributed by atoms with Crippen LogP contribution in [-0.4, -0.2) is 38.4 Å². The molecule has 2 rings (SSSR count). The minimum atomic E-state index is -4.13. The second kappa shape index (κ2) is 5.40. The van der Waals surface area contributed by atoms with Crippen molar-refractivity contribution in [1.29, 1.82) is 0 Å². The third kappa shape index (κ3) is 3.00. The molecule has 1 fully saturated rings. The Morgan fingerprint density at radius 3 is 2.60 bits per heavy atom. The summed E-state index contributed by atoms with van der Waals surface area (Å²) in [6.07, 6.45) is 0.653. The Morgan fingerprint density at radius 2 is 2.10 bits per heavy atom. The van der Waals surface area contributed by atoms with E-state index in [4.69, 9.17) is 10.9 Å². The van der Waals surface area contributed by atoms with Gasteiger partial charge in [-0.2, -0.15) is 0 Å². The molecule has 6 nitrogen and oxygen atoms in total. The Morgan fingerprint density at radius 1 is 1.45 bits per heavy atom. The molecule has 1 aromatic carbocycles. The number of amides is 1. The average molecular weight is 366 g/mol. The van der Waals surface area contributed by atoms with Gasteiger partial charge in [0, 0.05) is 19.1 Å². The zero-order valence-corrected chi connectivity index (χ0v) is 12.7. The third-order valence-corrected chi connectivity index (χ3v) is 5.10. The summed E-state index contributed by atoms with van der Waals surface area (Å²) in [5, 5.41) is 5.00. The van der Waals surface area contributed by atoms with Crippen molar-refractivity contribution < 1.29 is 17.6 Å². The molecule has 0 spiro atoms. The standard InChI is InChI=1S/C11H13BrFN3O3S/c12-10-8(11(17)16-2-1-7(14)5-16)3-6(13)4-9(10)20(15,18)19/h3-4,7H,1-2,5,14H2,(H2,15,18,19)/t7-/m1/s1. The number of nitrogens with two attached hydrogens (primary N) is 2. The number of rotatable bonds is 2. The minimum Gasteiger partial charge on any atom is -0.337 e. The summed E-state index contributed by atoms with van der Waals surface area (Å²) >= 11 is 3.01. The van der Waals surface area contributed by atoms with E-state index >= 15 is 0 Å². The Hall–Kier alpha value is -1.03. The van der Waals surface area contributed by atoms with Gasteiger partial charge in [0.25, 0.3) is 5.91 Å². The summed E-state index contributed by atoms with van der Waals surface area (Å²) in [6.45, 7) is 0.806. The lowest BCUT2D eigenvalue weighted by molar-refractivity contribution is 0.0789. The maximum absolute atomic E-state index is 13.5. The molecule has 9 heteroatoms. The van der Waals surface area contributed by atoms with Crippen molar-refractivity contribution in [3.63, 3.8) is 0 Å². The minimum absolute atomic E-state index is 0.0353. The van der Waals surface area contributed by atoms with Crippen molar-refractivity contribution in [2.75, 3.05) is 13.1 Å². The summed E-state index contributed by atoms with van der Waals surface area (Å²) in [7, 11) is -4.13. The zero-order valence-electron chi connectivity index (χ0n) is 10.3. The Kier molecular flexibility index (Phi) is 4.14. The average Bonchev–Trinajstić information content (AvgIpc) is 2.76. The fourth-order valence-electron chi connectivity index (χ4n) is 2.07. The van der Waals surface area contributed by atoms with E-state index in [0.717, 1.165) is 12.1 Å². The van der Waals surface area contributed by atoms with Crippen molar-refractivity contribution in [3.8, 4) is 0 Å². The predicted octanol–water partition coefficient (Wildman–Crippen LogP) is 0.409. The molecule has 110 valence electrons. The van der Waals surface area contributed by atoms with Crippen LogP contribution in [-0.2, 0) is 10.0 Å². The molecule has 1 aliphatic rings. The molecule has 0 aliphatic carbocycles. The quantitative estimate of drug-likeness (QED) is 0.791. The van der Waals surface area contributed by atoms with E-state index in [1.54, 1.807) is 0 Å². The second-order valence-corrected chi connectivity index (χ2v) is 6.93. The molecule has 0 unspecified atom stereocenters. The van der Waals surface area contributed by atoms with Crippen molar-refractivity contribution >= 4 is 31.9 Å². The van der Waals surface area contributed by atoms with Crippen molar-refractivity contribution in [2.45, 2.75) is 17.4 Å². The molecule has 0 saturated carbocycles. The van der Waals surface area contributed by atoms with E-state index in [9.17, 15) is 17.6 Å². The molecule has 1 amide bonds. The Labute approximate surface area is 124 Å². The van der Waals surface area contributed by atoms with Gasteiger partial charge in [0.15, 0.2) is 0 Å². The van der Waals surface area contributed by atoms with Crippen LogP contribution in [0.15, 0.2) is 21.5 Å². The molecular formula is C11H13BrFN3O3S. The van der Waals surface area contributed by atoms with Crippen LogP contribution < -0.4 is 10.9 Å². The molecule has 0 aromatic heterocycles. The normalized spacial score (nSPS) is 19.4. The van der Waals surface area contributed by atoms with Gasteiger partial charge in [-0.05, 0) is 34.5 Å². The molecule has 0 bridgehead atoms. The number of halogens is 2. The van der Waals surface area contributed by atoms with Gasteiger partial charge in [-0.15, -0.1) is 0 Å². The second-order valence-electron chi connectivity index (χ2n) is 4.61. The number of carbonyl (C=O) groups is 1. The summed E-state index contributed by atoms with van der Waals surface area (Å²) in [4.78, 5) is 13.3. The lowest BCUT2D eigenvalue weighted by Crippen LogP contribution is -2.32. The highest BCUT2D eigenvalue weighted by molar-refractivity contribution is 9.10. The van der Waals surface area contributed by atoms with E-state index in [1.165, 1.54) is 4.90 Å². The Bertz CT molecular complexity index is 665. The molecular weight excluding hydrogens is 353 g/mol. The number of carbonyl (C=O) groups excluding carboxylic acids is 1. The SMILES string of the molecule is N[C@@H]1CCN(C(=O)c2cc(F)cc(S(N)(=O)=O)c2Br)C1. The predicted molar refractivity (Wildman–Crippen MR) is 74.0 cm³/mol. The van der Waals surface area contributed by atoms with Crippen LogP contribution in [0, 0.1) is 5.82 Å². The molecule has 0 radical (unpaired) electrons. The van der Waals surface area contributed by atoms with Gasteiger partial charge >= 0.3 is 0 Å². The van der Waals surface area contributed by atoms with Gasteiger partial charge in [0.2, 0.25) is 10.0 Å². The van der Waals surface area contributed by atoms with E-state index < -0.39 is 26.6 Å². The van der Waals surface area contributed by atoms with Gasteiger partial charge in [-0.1, -0.05) is 0 Å². The van der Waals surface area contributed by atoms with E-state index in [-0.39, 0.29) is 16.1 Å². The first kappa shape index (κ1) is 15.4. The van der Waals surface area contributed by atoms with E-state index in [0.29, 0.717) is 19.5 Å². The number of benzene rings is 1. The molecule has 1 aliphatic heterocycles. The number of likely N-dealkylation sites (tertiary alicyclic amines) is 1. The van der Waals surface area contributed by atoms with Gasteiger partial charge in [0.1, 0.15) is 5.82 Å². The largest absolute Gasteiger partial charge is 0.337 e. The first-order valence-corrected chi connectivity index (χ1v) is 8.11. The van der Waals surface area contributed by atoms with Crippen molar-refractivity contribution in [1.82, 2.24) is 4.90 Å². The van der Waals surface area contributed by atoms with Crippen LogP contribution in [0.4, 0.5) is 4.39 Å². The number of hydrogen-bond donors (Lipinski definition) is 2. The van der Waals surface area contributed by atoms with Crippen molar-refractivity contribution in [2.24, 2.45) is 10.9 Å². The highest BCUT2D eigenvalue weighted by Crippen LogP contribution is 2.28. The molecule has 1 saturated heterocycles. The molecule has 1 atom stereocenters. The Balaban J connectivity index is 2.47. The monoisotopic (exact) mass is 365 g/mol. The number of primary sulfonamides is 1. The van der Waals surface area contributed by atoms with Gasteiger partial charge in [-0.3, -0.25) is 4.79 Å². The van der Waals surface area contributed by atoms with Crippen LogP contribution in [0.3, 0.4) is 0 Å². The third-order valence-electron chi connectivity index (χ3n) is 3.05. The summed E-state index contributed by atoms with van der Waals surface area (Å²) < 4.78 is 36.3. The number of hydrogen-bond acceptors (Lipinski definition) is 4. The molecule has 20 heavy (non-hydrogen) atoms.